The monoisotopic (exact) mass is 349 g/mol. The minimum absolute atomic E-state index is 0.0779. The zero-order valence-electron chi connectivity index (χ0n) is 15.3. The minimum atomic E-state index is -0.378. The van der Waals surface area contributed by atoms with E-state index in [0.717, 1.165) is 22.3 Å². The van der Waals surface area contributed by atoms with Gasteiger partial charge in [0.25, 0.3) is 0 Å². The molecule has 0 aliphatic carbocycles. The molecule has 1 N–H and O–H groups in total. The molecule has 2 aromatic carbocycles. The zero-order valence-corrected chi connectivity index (χ0v) is 15.3. The molecule has 134 valence electrons. The van der Waals surface area contributed by atoms with Crippen molar-refractivity contribution in [2.75, 3.05) is 0 Å². The number of ether oxygens (including phenoxy) is 1. The number of allylic oxidation sites excluding steroid dienone is 1. The number of nitrogens with one attached hydrogen (secondary N) is 1. The Morgan fingerprint density at radius 2 is 1.77 bits per heavy atom. The van der Waals surface area contributed by atoms with E-state index in [1.165, 1.54) is 0 Å². The summed E-state index contributed by atoms with van der Waals surface area (Å²) >= 11 is 0. The van der Waals surface area contributed by atoms with Gasteiger partial charge in [0.05, 0.1) is 5.57 Å². The van der Waals surface area contributed by atoms with Crippen molar-refractivity contribution in [2.24, 2.45) is 0 Å². The quantitative estimate of drug-likeness (QED) is 0.851. The van der Waals surface area contributed by atoms with Gasteiger partial charge >= 0.3 is 5.97 Å². The van der Waals surface area contributed by atoms with Crippen molar-refractivity contribution in [1.29, 1.82) is 0 Å². The van der Waals surface area contributed by atoms with Crippen molar-refractivity contribution in [3.8, 4) is 0 Å². The fourth-order valence-corrected chi connectivity index (χ4v) is 3.33. The number of carbonyl (C=O) groups excluding carboxylic acids is 2. The van der Waals surface area contributed by atoms with Gasteiger partial charge in [-0.3, -0.25) is 4.79 Å². The highest BCUT2D eigenvalue weighted by atomic mass is 16.5. The summed E-state index contributed by atoms with van der Waals surface area (Å²) in [6.07, 6.45) is 0.247. The van der Waals surface area contributed by atoms with Crippen LogP contribution in [0, 0.1) is 13.8 Å². The number of hydrogen-bond acceptors (Lipinski definition) is 3. The van der Waals surface area contributed by atoms with E-state index in [2.05, 4.69) is 5.32 Å². The first-order valence-corrected chi connectivity index (χ1v) is 8.74. The van der Waals surface area contributed by atoms with Crippen molar-refractivity contribution in [3.63, 3.8) is 0 Å². The largest absolute Gasteiger partial charge is 0.457 e. The highest BCUT2D eigenvalue weighted by Crippen LogP contribution is 2.35. The van der Waals surface area contributed by atoms with Gasteiger partial charge in [-0.2, -0.15) is 0 Å². The summed E-state index contributed by atoms with van der Waals surface area (Å²) < 4.78 is 5.56. The molecule has 4 heteroatoms. The van der Waals surface area contributed by atoms with Gasteiger partial charge in [0.1, 0.15) is 6.61 Å². The van der Waals surface area contributed by atoms with Crippen LogP contribution in [0.5, 0.6) is 0 Å². The molecule has 1 aliphatic heterocycles. The molecule has 2 aromatic rings. The van der Waals surface area contributed by atoms with E-state index >= 15 is 0 Å². The van der Waals surface area contributed by atoms with Gasteiger partial charge in [-0.15, -0.1) is 0 Å². The number of amides is 1. The number of benzene rings is 2. The Morgan fingerprint density at radius 1 is 1.08 bits per heavy atom. The van der Waals surface area contributed by atoms with Gasteiger partial charge in [-0.05, 0) is 37.5 Å². The maximum absolute atomic E-state index is 12.8. The minimum Gasteiger partial charge on any atom is -0.457 e. The molecule has 1 atom stereocenters. The molecule has 1 aliphatic rings. The lowest BCUT2D eigenvalue weighted by Gasteiger charge is -2.27. The zero-order chi connectivity index (χ0) is 18.7. The lowest BCUT2D eigenvalue weighted by molar-refractivity contribution is -0.141. The predicted octanol–water partition coefficient (Wildman–Crippen LogP) is 3.92. The Morgan fingerprint density at radius 3 is 2.46 bits per heavy atom. The summed E-state index contributed by atoms with van der Waals surface area (Å²) in [5.74, 6) is -0.738. The van der Waals surface area contributed by atoms with Gasteiger partial charge in [0, 0.05) is 18.0 Å². The Kier molecular flexibility index (Phi) is 5.21. The molecule has 0 bridgehead atoms. The highest BCUT2D eigenvalue weighted by Gasteiger charge is 2.33. The van der Waals surface area contributed by atoms with Crippen LogP contribution < -0.4 is 5.32 Å². The lowest BCUT2D eigenvalue weighted by Crippen LogP contribution is -2.34. The standard InChI is InChI=1S/C22H23NO3/c1-14-8-10-17(11-9-14)13-26-22(25)21-16(3)23-20(24)12-19(21)18-7-5-4-6-15(18)2/h4-11,19H,12-13H2,1-3H3,(H,23,24)/t19-/m1/s1. The summed E-state index contributed by atoms with van der Waals surface area (Å²) in [4.78, 5) is 24.9. The Hall–Kier alpha value is -2.88. The second kappa shape index (κ2) is 7.56. The van der Waals surface area contributed by atoms with Crippen LogP contribution in [0.4, 0.5) is 0 Å². The molecule has 26 heavy (non-hydrogen) atoms. The first-order chi connectivity index (χ1) is 12.5. The van der Waals surface area contributed by atoms with Crippen molar-refractivity contribution in [3.05, 3.63) is 82.1 Å². The molecule has 0 radical (unpaired) electrons. The van der Waals surface area contributed by atoms with Gasteiger partial charge in [0.15, 0.2) is 0 Å². The fraction of sp³-hybridized carbons (Fsp3) is 0.273. The number of rotatable bonds is 4. The third-order valence-electron chi connectivity index (χ3n) is 4.74. The lowest BCUT2D eigenvalue weighted by atomic mass is 9.82. The molecule has 0 saturated heterocycles. The average molecular weight is 349 g/mol. The Balaban J connectivity index is 1.85. The van der Waals surface area contributed by atoms with Crippen LogP contribution in [0.3, 0.4) is 0 Å². The van der Waals surface area contributed by atoms with Crippen LogP contribution in [-0.2, 0) is 20.9 Å². The van der Waals surface area contributed by atoms with Crippen molar-refractivity contribution >= 4 is 11.9 Å². The van der Waals surface area contributed by atoms with E-state index < -0.39 is 0 Å². The molecule has 0 spiro atoms. The van der Waals surface area contributed by atoms with Crippen molar-refractivity contribution in [2.45, 2.75) is 39.7 Å². The van der Waals surface area contributed by atoms with E-state index in [1.807, 2.05) is 62.4 Å². The fourth-order valence-electron chi connectivity index (χ4n) is 3.33. The molecule has 0 saturated carbocycles. The number of carbonyl (C=O) groups is 2. The smallest absolute Gasteiger partial charge is 0.336 e. The van der Waals surface area contributed by atoms with E-state index in [0.29, 0.717) is 11.3 Å². The maximum atomic E-state index is 12.8. The predicted molar refractivity (Wildman–Crippen MR) is 100 cm³/mol. The van der Waals surface area contributed by atoms with Crippen LogP contribution in [0.1, 0.15) is 41.5 Å². The van der Waals surface area contributed by atoms with Crippen molar-refractivity contribution in [1.82, 2.24) is 5.32 Å². The number of esters is 1. The summed E-state index contributed by atoms with van der Waals surface area (Å²) in [7, 11) is 0. The van der Waals surface area contributed by atoms with Gasteiger partial charge in [0.2, 0.25) is 5.91 Å². The van der Waals surface area contributed by atoms with Crippen LogP contribution in [0.2, 0.25) is 0 Å². The summed E-state index contributed by atoms with van der Waals surface area (Å²) in [6.45, 7) is 5.98. The van der Waals surface area contributed by atoms with E-state index in [9.17, 15) is 9.59 Å². The molecule has 1 heterocycles. The molecule has 1 amide bonds. The second-order valence-electron chi connectivity index (χ2n) is 6.76. The molecule has 0 unspecified atom stereocenters. The van der Waals surface area contributed by atoms with Gasteiger partial charge < -0.3 is 10.1 Å². The number of aryl methyl sites for hydroxylation is 2. The number of hydrogen-bond donors (Lipinski definition) is 1. The molecule has 0 fully saturated rings. The maximum Gasteiger partial charge on any atom is 0.336 e. The van der Waals surface area contributed by atoms with Gasteiger partial charge in [-0.25, -0.2) is 4.79 Å². The van der Waals surface area contributed by atoms with Gasteiger partial charge in [-0.1, -0.05) is 54.1 Å². The summed E-state index contributed by atoms with van der Waals surface area (Å²) in [5.41, 5.74) is 5.25. The molecular formula is C22H23NO3. The highest BCUT2D eigenvalue weighted by molar-refractivity contribution is 5.95. The average Bonchev–Trinajstić information content (AvgIpc) is 2.61. The SMILES string of the molecule is CC1=C(C(=O)OCc2ccc(C)cc2)[C@@H](c2ccccc2C)CC(=O)N1. The van der Waals surface area contributed by atoms with E-state index in [1.54, 1.807) is 6.92 Å². The normalized spacial score (nSPS) is 17.0. The van der Waals surface area contributed by atoms with Crippen molar-refractivity contribution < 1.29 is 14.3 Å². The van der Waals surface area contributed by atoms with Crippen LogP contribution in [-0.4, -0.2) is 11.9 Å². The molecule has 4 nitrogen and oxygen atoms in total. The van der Waals surface area contributed by atoms with Crippen LogP contribution in [0.15, 0.2) is 59.8 Å². The van der Waals surface area contributed by atoms with E-state index in [-0.39, 0.29) is 30.8 Å². The third kappa shape index (κ3) is 3.85. The third-order valence-corrected chi connectivity index (χ3v) is 4.74. The molecule has 3 rings (SSSR count). The molecular weight excluding hydrogens is 326 g/mol. The Labute approximate surface area is 153 Å². The summed E-state index contributed by atoms with van der Waals surface area (Å²) in [6, 6.07) is 15.7. The van der Waals surface area contributed by atoms with E-state index in [4.69, 9.17) is 4.74 Å². The topological polar surface area (TPSA) is 55.4 Å². The van der Waals surface area contributed by atoms with Crippen LogP contribution >= 0.6 is 0 Å². The second-order valence-corrected chi connectivity index (χ2v) is 6.76. The Bertz CT molecular complexity index is 865. The van der Waals surface area contributed by atoms with Crippen LogP contribution in [0.25, 0.3) is 0 Å². The molecule has 0 aromatic heterocycles. The first-order valence-electron chi connectivity index (χ1n) is 8.74. The first kappa shape index (κ1) is 17.9. The summed E-state index contributed by atoms with van der Waals surface area (Å²) in [5, 5.41) is 2.77.